The lowest BCUT2D eigenvalue weighted by molar-refractivity contribution is -0.131. The zero-order chi connectivity index (χ0) is 23.5. The van der Waals surface area contributed by atoms with Gasteiger partial charge < -0.3 is 10.6 Å². The highest BCUT2D eigenvalue weighted by atomic mass is 16.2. The number of carbonyl (C=O) groups is 3. The molecular weight excluding hydrogens is 416 g/mol. The van der Waals surface area contributed by atoms with Crippen molar-refractivity contribution < 1.29 is 14.4 Å². The topological polar surface area (TPSA) is 91.4 Å². The van der Waals surface area contributed by atoms with Gasteiger partial charge in [-0.2, -0.15) is 0 Å². The first-order valence-electron chi connectivity index (χ1n) is 11.8. The van der Waals surface area contributed by atoms with Crippen molar-refractivity contribution >= 4 is 23.4 Å². The van der Waals surface area contributed by atoms with Gasteiger partial charge in [0.15, 0.2) is 0 Å². The first-order chi connectivity index (χ1) is 15.9. The second kappa shape index (κ2) is 9.73. The number of hydrogen-bond acceptors (Lipinski definition) is 4. The van der Waals surface area contributed by atoms with Crippen LogP contribution in [-0.2, 0) is 33.8 Å². The fourth-order valence-electron chi connectivity index (χ4n) is 4.69. The van der Waals surface area contributed by atoms with Gasteiger partial charge in [0.2, 0.25) is 17.7 Å². The van der Waals surface area contributed by atoms with Crippen molar-refractivity contribution in [2.45, 2.75) is 65.1 Å². The van der Waals surface area contributed by atoms with Crippen LogP contribution in [0.15, 0.2) is 42.6 Å². The Labute approximate surface area is 195 Å². The molecule has 7 heteroatoms. The van der Waals surface area contributed by atoms with Crippen LogP contribution in [0.25, 0.3) is 0 Å². The number of carbonyl (C=O) groups excluding carboxylic acids is 3. The smallest absolute Gasteiger partial charge is 0.250 e. The molecule has 0 radical (unpaired) electrons. The molecule has 0 spiro atoms. The Morgan fingerprint density at radius 1 is 1.15 bits per heavy atom. The molecule has 33 heavy (non-hydrogen) atoms. The van der Waals surface area contributed by atoms with Crippen molar-refractivity contribution in [2.75, 3.05) is 4.90 Å². The third-order valence-corrected chi connectivity index (χ3v) is 7.11. The molecule has 1 aromatic heterocycles. The molecule has 0 bridgehead atoms. The van der Waals surface area contributed by atoms with E-state index in [0.29, 0.717) is 25.8 Å². The van der Waals surface area contributed by atoms with Crippen molar-refractivity contribution in [3.8, 4) is 0 Å². The van der Waals surface area contributed by atoms with Crippen molar-refractivity contribution in [1.82, 2.24) is 15.6 Å². The van der Waals surface area contributed by atoms with Gasteiger partial charge in [0.05, 0.1) is 17.9 Å². The Morgan fingerprint density at radius 2 is 1.94 bits per heavy atom. The molecule has 1 aromatic carbocycles. The Hall–Kier alpha value is -3.22. The van der Waals surface area contributed by atoms with Crippen LogP contribution >= 0.6 is 0 Å². The maximum Gasteiger partial charge on any atom is 0.250 e. The van der Waals surface area contributed by atoms with E-state index in [9.17, 15) is 14.4 Å². The summed E-state index contributed by atoms with van der Waals surface area (Å²) in [5.41, 5.74) is 3.65. The van der Waals surface area contributed by atoms with Gasteiger partial charge in [-0.3, -0.25) is 24.3 Å². The summed E-state index contributed by atoms with van der Waals surface area (Å²) in [7, 11) is 0. The zero-order valence-corrected chi connectivity index (χ0v) is 19.5. The average molecular weight is 449 g/mol. The Morgan fingerprint density at radius 3 is 2.67 bits per heavy atom. The summed E-state index contributed by atoms with van der Waals surface area (Å²) in [6.07, 6.45) is 4.24. The molecule has 174 valence electrons. The standard InChI is InChI=1S/C26H32N4O3/c1-4-16(2)17(3)24(31)29-21-12-11-18-8-7-9-19-14-22(30(23(18)19)26(21)33)25(32)28-15-20-10-5-6-13-27-20/h5-10,13,16-17,21-22H,4,11-12,14-15H2,1-3H3,(H,28,32)(H,29,31)/t16-,17-,21-,22-/m0/s1. The number of amides is 3. The molecule has 4 atom stereocenters. The fraction of sp³-hybridized carbons (Fsp3) is 0.462. The minimum Gasteiger partial charge on any atom is -0.349 e. The van der Waals surface area contributed by atoms with Crippen LogP contribution in [0, 0.1) is 11.8 Å². The van der Waals surface area contributed by atoms with Crippen LogP contribution in [0.1, 0.15) is 50.4 Å². The predicted octanol–water partition coefficient (Wildman–Crippen LogP) is 2.77. The second-order valence-electron chi connectivity index (χ2n) is 9.17. The van der Waals surface area contributed by atoms with Gasteiger partial charge in [-0.15, -0.1) is 0 Å². The van der Waals surface area contributed by atoms with E-state index >= 15 is 0 Å². The van der Waals surface area contributed by atoms with E-state index in [1.807, 2.05) is 50.2 Å². The molecule has 0 saturated carbocycles. The summed E-state index contributed by atoms with van der Waals surface area (Å²) in [5.74, 6) is -0.478. The number of aromatic nitrogens is 1. The van der Waals surface area contributed by atoms with E-state index in [4.69, 9.17) is 0 Å². The number of anilines is 1. The Balaban J connectivity index is 1.55. The largest absolute Gasteiger partial charge is 0.349 e. The number of nitrogens with one attached hydrogen (secondary N) is 2. The number of rotatable bonds is 7. The van der Waals surface area contributed by atoms with Crippen molar-refractivity contribution in [2.24, 2.45) is 11.8 Å². The van der Waals surface area contributed by atoms with Crippen LogP contribution in [0.5, 0.6) is 0 Å². The lowest BCUT2D eigenvalue weighted by Gasteiger charge is -2.29. The lowest BCUT2D eigenvalue weighted by Crippen LogP contribution is -2.55. The van der Waals surface area contributed by atoms with Crippen LogP contribution in [0.3, 0.4) is 0 Å². The average Bonchev–Trinajstić information content (AvgIpc) is 3.18. The van der Waals surface area contributed by atoms with Crippen molar-refractivity contribution in [3.05, 3.63) is 59.4 Å². The second-order valence-corrected chi connectivity index (χ2v) is 9.17. The number of nitrogens with zero attached hydrogens (tertiary/aromatic N) is 2. The first-order valence-corrected chi connectivity index (χ1v) is 11.8. The molecule has 2 N–H and O–H groups in total. The molecule has 0 aliphatic carbocycles. The summed E-state index contributed by atoms with van der Waals surface area (Å²) in [6.45, 7) is 6.31. The maximum atomic E-state index is 13.7. The molecule has 0 fully saturated rings. The summed E-state index contributed by atoms with van der Waals surface area (Å²) in [4.78, 5) is 45.6. The molecule has 3 amide bonds. The van der Waals surface area contributed by atoms with Crippen molar-refractivity contribution in [1.29, 1.82) is 0 Å². The van der Waals surface area contributed by atoms with Gasteiger partial charge in [-0.25, -0.2) is 0 Å². The van der Waals surface area contributed by atoms with Crippen LogP contribution in [0.4, 0.5) is 5.69 Å². The molecule has 4 rings (SSSR count). The Bertz CT molecular complexity index is 1040. The normalized spacial score (nSPS) is 21.1. The monoisotopic (exact) mass is 448 g/mol. The highest BCUT2D eigenvalue weighted by molar-refractivity contribution is 6.07. The first kappa shape index (κ1) is 23.0. The zero-order valence-electron chi connectivity index (χ0n) is 19.5. The van der Waals surface area contributed by atoms with E-state index in [2.05, 4.69) is 22.5 Å². The van der Waals surface area contributed by atoms with Gasteiger partial charge in [-0.05, 0) is 42.0 Å². The third-order valence-electron chi connectivity index (χ3n) is 7.11. The Kier molecular flexibility index (Phi) is 6.77. The maximum absolute atomic E-state index is 13.7. The quantitative estimate of drug-likeness (QED) is 0.681. The summed E-state index contributed by atoms with van der Waals surface area (Å²) < 4.78 is 0. The number of benzene rings is 1. The fourth-order valence-corrected chi connectivity index (χ4v) is 4.69. The minimum absolute atomic E-state index is 0.107. The molecule has 0 saturated heterocycles. The molecule has 0 unspecified atom stereocenters. The molecule has 2 aliphatic rings. The number of para-hydroxylation sites is 1. The van der Waals surface area contributed by atoms with Crippen LogP contribution in [0.2, 0.25) is 0 Å². The van der Waals surface area contributed by atoms with Crippen molar-refractivity contribution in [3.63, 3.8) is 0 Å². The van der Waals surface area contributed by atoms with Crippen LogP contribution in [-0.4, -0.2) is 34.8 Å². The molecule has 7 nitrogen and oxygen atoms in total. The number of hydrogen-bond donors (Lipinski definition) is 2. The third kappa shape index (κ3) is 4.63. The van der Waals surface area contributed by atoms with Gasteiger partial charge in [0, 0.05) is 18.5 Å². The SMILES string of the molecule is CC[C@H](C)[C@H](C)C(=O)N[C@H]1CCc2cccc3c2N(C1=O)[C@H](C(=O)NCc1ccccn1)C3. The predicted molar refractivity (Wildman–Crippen MR) is 126 cm³/mol. The van der Waals surface area contributed by atoms with Gasteiger partial charge in [0.1, 0.15) is 12.1 Å². The van der Waals surface area contributed by atoms with Crippen LogP contribution < -0.4 is 15.5 Å². The lowest BCUT2D eigenvalue weighted by atomic mass is 9.92. The van der Waals surface area contributed by atoms with Gasteiger partial charge in [0.25, 0.3) is 0 Å². The van der Waals surface area contributed by atoms with E-state index in [1.165, 1.54) is 0 Å². The van der Waals surface area contributed by atoms with E-state index in [-0.39, 0.29) is 29.6 Å². The molecular formula is C26H32N4O3. The number of pyridine rings is 1. The summed E-state index contributed by atoms with van der Waals surface area (Å²) >= 11 is 0. The van der Waals surface area contributed by atoms with E-state index < -0.39 is 12.1 Å². The van der Waals surface area contributed by atoms with E-state index in [1.54, 1.807) is 11.1 Å². The van der Waals surface area contributed by atoms with Gasteiger partial charge in [-0.1, -0.05) is 51.5 Å². The summed E-state index contributed by atoms with van der Waals surface area (Å²) in [6, 6.07) is 10.2. The van der Waals surface area contributed by atoms with E-state index in [0.717, 1.165) is 28.9 Å². The molecule has 2 aromatic rings. The molecule has 3 heterocycles. The molecule has 2 aliphatic heterocycles. The highest BCUT2D eigenvalue weighted by Crippen LogP contribution is 2.39. The highest BCUT2D eigenvalue weighted by Gasteiger charge is 2.44. The minimum atomic E-state index is -0.645. The van der Waals surface area contributed by atoms with Gasteiger partial charge >= 0.3 is 0 Å². The number of aryl methyl sites for hydroxylation is 1. The summed E-state index contributed by atoms with van der Waals surface area (Å²) in [5, 5.41) is 5.93.